The Labute approximate surface area is 142 Å². The molecule has 2 fully saturated rings. The third-order valence-corrected chi connectivity index (χ3v) is 6.87. The SMILES string of the molecule is CC(C)Cc1noc([C@H]2CCCN(C3CSCCSC3)C2)n1. The molecule has 2 aliphatic rings. The van der Waals surface area contributed by atoms with Gasteiger partial charge in [0.25, 0.3) is 0 Å². The molecule has 6 heteroatoms. The second kappa shape index (κ2) is 8.06. The molecule has 0 N–H and O–H groups in total. The number of thioether (sulfide) groups is 2. The molecule has 1 aromatic heterocycles. The highest BCUT2D eigenvalue weighted by molar-refractivity contribution is 8.03. The fraction of sp³-hybridized carbons (Fsp3) is 0.875. The van der Waals surface area contributed by atoms with Gasteiger partial charge in [-0.1, -0.05) is 19.0 Å². The number of nitrogens with zero attached hydrogens (tertiary/aromatic N) is 3. The van der Waals surface area contributed by atoms with E-state index in [0.717, 1.165) is 30.7 Å². The van der Waals surface area contributed by atoms with Gasteiger partial charge in [-0.2, -0.15) is 28.5 Å². The minimum Gasteiger partial charge on any atom is -0.339 e. The summed E-state index contributed by atoms with van der Waals surface area (Å²) in [6.45, 7) is 6.71. The number of likely N-dealkylation sites (tertiary alicyclic amines) is 1. The standard InChI is InChI=1S/C16H27N3OS2/c1-12(2)8-15-17-16(20-18-15)13-4-3-5-19(9-13)14-10-21-6-7-22-11-14/h12-14H,3-11H2,1-2H3/t13-/m0/s1. The highest BCUT2D eigenvalue weighted by Gasteiger charge is 2.30. The van der Waals surface area contributed by atoms with Crippen LogP contribution in [0.25, 0.3) is 0 Å². The van der Waals surface area contributed by atoms with E-state index in [1.807, 2.05) is 0 Å². The van der Waals surface area contributed by atoms with E-state index in [0.29, 0.717) is 11.8 Å². The summed E-state index contributed by atoms with van der Waals surface area (Å²) in [4.78, 5) is 7.33. The number of piperidine rings is 1. The van der Waals surface area contributed by atoms with Crippen LogP contribution in [0, 0.1) is 5.92 Å². The van der Waals surface area contributed by atoms with Crippen LogP contribution in [0.4, 0.5) is 0 Å². The molecule has 4 nitrogen and oxygen atoms in total. The minimum atomic E-state index is 0.431. The van der Waals surface area contributed by atoms with Crippen molar-refractivity contribution >= 4 is 23.5 Å². The first-order valence-corrected chi connectivity index (χ1v) is 10.8. The summed E-state index contributed by atoms with van der Waals surface area (Å²) in [5.74, 6) is 7.93. The molecule has 0 amide bonds. The summed E-state index contributed by atoms with van der Waals surface area (Å²) in [6.07, 6.45) is 3.35. The zero-order valence-electron chi connectivity index (χ0n) is 13.7. The average molecular weight is 342 g/mol. The monoisotopic (exact) mass is 341 g/mol. The zero-order chi connectivity index (χ0) is 15.4. The van der Waals surface area contributed by atoms with E-state index in [9.17, 15) is 0 Å². The van der Waals surface area contributed by atoms with E-state index in [1.165, 1.54) is 42.4 Å². The Hall–Kier alpha value is -0.200. The van der Waals surface area contributed by atoms with Gasteiger partial charge in [0.2, 0.25) is 5.89 Å². The molecular formula is C16H27N3OS2. The van der Waals surface area contributed by atoms with E-state index in [2.05, 4.69) is 52.4 Å². The van der Waals surface area contributed by atoms with E-state index in [-0.39, 0.29) is 0 Å². The Morgan fingerprint density at radius 1 is 1.27 bits per heavy atom. The molecule has 3 heterocycles. The van der Waals surface area contributed by atoms with Gasteiger partial charge in [-0.25, -0.2) is 0 Å². The van der Waals surface area contributed by atoms with Gasteiger partial charge in [0.15, 0.2) is 5.82 Å². The first-order chi connectivity index (χ1) is 10.7. The zero-order valence-corrected chi connectivity index (χ0v) is 15.3. The van der Waals surface area contributed by atoms with Gasteiger partial charge in [0.05, 0.1) is 5.92 Å². The molecule has 1 atom stereocenters. The van der Waals surface area contributed by atoms with Crippen LogP contribution in [0.2, 0.25) is 0 Å². The van der Waals surface area contributed by atoms with Crippen molar-refractivity contribution in [3.05, 3.63) is 11.7 Å². The van der Waals surface area contributed by atoms with Crippen molar-refractivity contribution < 1.29 is 4.52 Å². The number of hydrogen-bond donors (Lipinski definition) is 0. The summed E-state index contributed by atoms with van der Waals surface area (Å²) >= 11 is 4.22. The van der Waals surface area contributed by atoms with Crippen LogP contribution in [0.15, 0.2) is 4.52 Å². The molecule has 0 aromatic carbocycles. The van der Waals surface area contributed by atoms with Gasteiger partial charge in [0.1, 0.15) is 0 Å². The summed E-state index contributed by atoms with van der Waals surface area (Å²) in [6, 6.07) is 0.721. The Morgan fingerprint density at radius 3 is 2.77 bits per heavy atom. The van der Waals surface area contributed by atoms with Crippen LogP contribution >= 0.6 is 23.5 Å². The van der Waals surface area contributed by atoms with Gasteiger partial charge in [-0.3, -0.25) is 4.90 Å². The van der Waals surface area contributed by atoms with Crippen LogP contribution in [0.1, 0.15) is 44.3 Å². The van der Waals surface area contributed by atoms with E-state index in [4.69, 9.17) is 4.52 Å². The number of aromatic nitrogens is 2. The summed E-state index contributed by atoms with van der Waals surface area (Å²) in [5.41, 5.74) is 0. The summed E-state index contributed by atoms with van der Waals surface area (Å²) in [5, 5.41) is 4.17. The fourth-order valence-electron chi connectivity index (χ4n) is 3.24. The smallest absolute Gasteiger partial charge is 0.231 e. The molecule has 0 spiro atoms. The molecular weight excluding hydrogens is 314 g/mol. The molecule has 2 saturated heterocycles. The van der Waals surface area contributed by atoms with E-state index in [1.54, 1.807) is 0 Å². The van der Waals surface area contributed by atoms with Crippen molar-refractivity contribution in [3.8, 4) is 0 Å². The van der Waals surface area contributed by atoms with Crippen molar-refractivity contribution in [1.82, 2.24) is 15.0 Å². The average Bonchev–Trinajstić information content (AvgIpc) is 2.80. The normalized spacial score (nSPS) is 25.5. The quantitative estimate of drug-likeness (QED) is 0.837. The summed E-state index contributed by atoms with van der Waals surface area (Å²) in [7, 11) is 0. The number of hydrogen-bond acceptors (Lipinski definition) is 6. The van der Waals surface area contributed by atoms with Crippen molar-refractivity contribution in [1.29, 1.82) is 0 Å². The predicted molar refractivity (Wildman–Crippen MR) is 94.8 cm³/mol. The lowest BCUT2D eigenvalue weighted by Crippen LogP contribution is -2.44. The fourth-order valence-corrected chi connectivity index (χ4v) is 5.86. The molecule has 0 aliphatic carbocycles. The van der Waals surface area contributed by atoms with Crippen LogP contribution in [0.3, 0.4) is 0 Å². The van der Waals surface area contributed by atoms with Crippen LogP contribution in [0.5, 0.6) is 0 Å². The number of rotatable bonds is 4. The molecule has 0 unspecified atom stereocenters. The maximum Gasteiger partial charge on any atom is 0.231 e. The van der Waals surface area contributed by atoms with Crippen LogP contribution < -0.4 is 0 Å². The molecule has 124 valence electrons. The van der Waals surface area contributed by atoms with Gasteiger partial charge in [-0.05, 0) is 25.3 Å². The van der Waals surface area contributed by atoms with Gasteiger partial charge >= 0.3 is 0 Å². The Kier molecular flexibility index (Phi) is 6.10. The second-order valence-corrected chi connectivity index (χ2v) is 9.08. The molecule has 22 heavy (non-hydrogen) atoms. The van der Waals surface area contributed by atoms with Crippen molar-refractivity contribution in [2.45, 2.75) is 45.1 Å². The van der Waals surface area contributed by atoms with Crippen molar-refractivity contribution in [3.63, 3.8) is 0 Å². The maximum atomic E-state index is 5.57. The highest BCUT2D eigenvalue weighted by atomic mass is 32.2. The van der Waals surface area contributed by atoms with Gasteiger partial charge in [0, 0.05) is 42.0 Å². The van der Waals surface area contributed by atoms with E-state index >= 15 is 0 Å². The lowest BCUT2D eigenvalue weighted by Gasteiger charge is -2.36. The first-order valence-electron chi connectivity index (χ1n) is 8.44. The maximum absolute atomic E-state index is 5.57. The highest BCUT2D eigenvalue weighted by Crippen LogP contribution is 2.29. The third-order valence-electron chi connectivity index (χ3n) is 4.39. The Morgan fingerprint density at radius 2 is 2.05 bits per heavy atom. The lowest BCUT2D eigenvalue weighted by atomic mass is 9.97. The molecule has 2 aliphatic heterocycles. The third kappa shape index (κ3) is 4.42. The van der Waals surface area contributed by atoms with Crippen LogP contribution in [-0.4, -0.2) is 57.2 Å². The Balaban J connectivity index is 1.61. The largest absolute Gasteiger partial charge is 0.339 e. The second-order valence-electron chi connectivity index (χ2n) is 6.78. The van der Waals surface area contributed by atoms with Crippen molar-refractivity contribution in [2.75, 3.05) is 36.1 Å². The topological polar surface area (TPSA) is 42.2 Å². The Bertz CT molecular complexity index is 458. The molecule has 0 bridgehead atoms. The molecule has 3 rings (SSSR count). The molecule has 0 saturated carbocycles. The first kappa shape index (κ1) is 16.7. The minimum absolute atomic E-state index is 0.431. The predicted octanol–water partition coefficient (Wildman–Crippen LogP) is 3.30. The van der Waals surface area contributed by atoms with Gasteiger partial charge in [-0.15, -0.1) is 0 Å². The molecule has 1 aromatic rings. The lowest BCUT2D eigenvalue weighted by molar-refractivity contribution is 0.157. The van der Waals surface area contributed by atoms with Crippen LogP contribution in [-0.2, 0) is 6.42 Å². The molecule has 0 radical (unpaired) electrons. The van der Waals surface area contributed by atoms with Crippen molar-refractivity contribution in [2.24, 2.45) is 5.92 Å². The summed E-state index contributed by atoms with van der Waals surface area (Å²) < 4.78 is 5.57. The van der Waals surface area contributed by atoms with E-state index < -0.39 is 0 Å². The van der Waals surface area contributed by atoms with Gasteiger partial charge < -0.3 is 4.52 Å².